The summed E-state index contributed by atoms with van der Waals surface area (Å²) in [6.07, 6.45) is 2.38. The molecule has 0 amide bonds. The average molecular weight is 276 g/mol. The van der Waals surface area contributed by atoms with E-state index in [-0.39, 0.29) is 0 Å². The van der Waals surface area contributed by atoms with Crippen LogP contribution in [0, 0.1) is 5.92 Å². The standard InChI is InChI=1S/C17H28N2O/c1-4-17(15-5-7-16(20)8-6-15)18-11-14-9-10-19(12-14)13(2)3/h5-8,13-14,17-18,20H,4,9-12H2,1-3H3. The second kappa shape index (κ2) is 7.09. The monoisotopic (exact) mass is 276 g/mol. The third-order valence-corrected chi connectivity index (χ3v) is 4.40. The zero-order chi connectivity index (χ0) is 14.5. The maximum absolute atomic E-state index is 9.37. The molecule has 2 N–H and O–H groups in total. The third kappa shape index (κ3) is 3.97. The fourth-order valence-electron chi connectivity index (χ4n) is 3.01. The van der Waals surface area contributed by atoms with E-state index < -0.39 is 0 Å². The summed E-state index contributed by atoms with van der Waals surface area (Å²) < 4.78 is 0. The highest BCUT2D eigenvalue weighted by Gasteiger charge is 2.24. The Labute approximate surface area is 123 Å². The highest BCUT2D eigenvalue weighted by atomic mass is 16.3. The number of benzene rings is 1. The smallest absolute Gasteiger partial charge is 0.115 e. The Hall–Kier alpha value is -1.06. The quantitative estimate of drug-likeness (QED) is 0.838. The van der Waals surface area contributed by atoms with Gasteiger partial charge >= 0.3 is 0 Å². The Morgan fingerprint density at radius 2 is 2.00 bits per heavy atom. The molecule has 1 aromatic carbocycles. The third-order valence-electron chi connectivity index (χ3n) is 4.40. The lowest BCUT2D eigenvalue weighted by Gasteiger charge is -2.22. The number of nitrogens with zero attached hydrogens (tertiary/aromatic N) is 1. The van der Waals surface area contributed by atoms with Crippen LogP contribution in [-0.2, 0) is 0 Å². The lowest BCUT2D eigenvalue weighted by Crippen LogP contribution is -2.31. The molecule has 20 heavy (non-hydrogen) atoms. The number of likely N-dealkylation sites (tertiary alicyclic amines) is 1. The van der Waals surface area contributed by atoms with Crippen molar-refractivity contribution in [1.29, 1.82) is 0 Å². The second-order valence-electron chi connectivity index (χ2n) is 6.20. The lowest BCUT2D eigenvalue weighted by atomic mass is 10.0. The van der Waals surface area contributed by atoms with E-state index in [9.17, 15) is 5.11 Å². The Balaban J connectivity index is 1.84. The molecule has 3 heteroatoms. The van der Waals surface area contributed by atoms with Crippen LogP contribution in [0.15, 0.2) is 24.3 Å². The molecule has 1 aliphatic rings. The van der Waals surface area contributed by atoms with Gasteiger partial charge in [0.2, 0.25) is 0 Å². The first-order valence-electron chi connectivity index (χ1n) is 7.86. The van der Waals surface area contributed by atoms with Gasteiger partial charge in [-0.3, -0.25) is 0 Å². The van der Waals surface area contributed by atoms with Crippen LogP contribution in [0.2, 0.25) is 0 Å². The van der Waals surface area contributed by atoms with Crippen molar-refractivity contribution in [1.82, 2.24) is 10.2 Å². The molecular weight excluding hydrogens is 248 g/mol. The minimum absolute atomic E-state index is 0.340. The van der Waals surface area contributed by atoms with Crippen molar-refractivity contribution in [2.45, 2.75) is 45.7 Å². The summed E-state index contributed by atoms with van der Waals surface area (Å²) in [5.74, 6) is 1.11. The largest absolute Gasteiger partial charge is 0.508 e. The molecule has 1 saturated heterocycles. The zero-order valence-electron chi connectivity index (χ0n) is 13.0. The summed E-state index contributed by atoms with van der Waals surface area (Å²) in [7, 11) is 0. The van der Waals surface area contributed by atoms with Crippen molar-refractivity contribution in [3.05, 3.63) is 29.8 Å². The van der Waals surface area contributed by atoms with Gasteiger partial charge in [-0.25, -0.2) is 0 Å². The highest BCUT2D eigenvalue weighted by Crippen LogP contribution is 2.22. The molecule has 0 bridgehead atoms. The van der Waals surface area contributed by atoms with Crippen LogP contribution in [0.4, 0.5) is 0 Å². The van der Waals surface area contributed by atoms with Gasteiger partial charge in [-0.05, 0) is 63.4 Å². The van der Waals surface area contributed by atoms with Crippen LogP contribution in [0.5, 0.6) is 5.75 Å². The van der Waals surface area contributed by atoms with Crippen molar-refractivity contribution in [2.75, 3.05) is 19.6 Å². The first-order valence-corrected chi connectivity index (χ1v) is 7.86. The van der Waals surface area contributed by atoms with Gasteiger partial charge < -0.3 is 15.3 Å². The lowest BCUT2D eigenvalue weighted by molar-refractivity contribution is 0.262. The van der Waals surface area contributed by atoms with Gasteiger partial charge in [-0.15, -0.1) is 0 Å². The Kier molecular flexibility index (Phi) is 5.44. The molecule has 0 radical (unpaired) electrons. The molecule has 1 fully saturated rings. The Morgan fingerprint density at radius 1 is 1.30 bits per heavy atom. The molecule has 1 aromatic rings. The SMILES string of the molecule is CCC(NCC1CCN(C(C)C)C1)c1ccc(O)cc1. The van der Waals surface area contributed by atoms with E-state index in [0.717, 1.165) is 18.9 Å². The molecule has 1 aliphatic heterocycles. The predicted molar refractivity (Wildman–Crippen MR) is 84.0 cm³/mol. The number of rotatable bonds is 6. The molecule has 0 aliphatic carbocycles. The summed E-state index contributed by atoms with van der Waals surface area (Å²) in [5, 5.41) is 13.1. The molecule has 2 unspecified atom stereocenters. The van der Waals surface area contributed by atoms with E-state index in [2.05, 4.69) is 31.0 Å². The van der Waals surface area contributed by atoms with Crippen molar-refractivity contribution < 1.29 is 5.11 Å². The molecule has 112 valence electrons. The Bertz CT molecular complexity index is 402. The zero-order valence-corrected chi connectivity index (χ0v) is 13.0. The van der Waals surface area contributed by atoms with Crippen LogP contribution in [0.1, 0.15) is 45.2 Å². The van der Waals surface area contributed by atoms with E-state index in [0.29, 0.717) is 17.8 Å². The topological polar surface area (TPSA) is 35.5 Å². The van der Waals surface area contributed by atoms with E-state index >= 15 is 0 Å². The summed E-state index contributed by atoms with van der Waals surface area (Å²) in [6.45, 7) is 10.3. The molecule has 2 rings (SSSR count). The normalized spacial score (nSPS) is 21.5. The number of nitrogens with one attached hydrogen (secondary N) is 1. The second-order valence-corrected chi connectivity index (χ2v) is 6.20. The predicted octanol–water partition coefficient (Wildman–Crippen LogP) is 3.16. The van der Waals surface area contributed by atoms with Crippen LogP contribution in [0.25, 0.3) is 0 Å². The minimum Gasteiger partial charge on any atom is -0.508 e. The van der Waals surface area contributed by atoms with E-state index in [1.807, 2.05) is 12.1 Å². The van der Waals surface area contributed by atoms with Gasteiger partial charge in [0, 0.05) is 18.6 Å². The van der Waals surface area contributed by atoms with Gasteiger partial charge in [-0.2, -0.15) is 0 Å². The molecule has 0 saturated carbocycles. The molecule has 0 aromatic heterocycles. The fourth-order valence-corrected chi connectivity index (χ4v) is 3.01. The summed E-state index contributed by atoms with van der Waals surface area (Å²) >= 11 is 0. The number of phenols is 1. The first kappa shape index (κ1) is 15.3. The summed E-state index contributed by atoms with van der Waals surface area (Å²) in [6, 6.07) is 8.64. The highest BCUT2D eigenvalue weighted by molar-refractivity contribution is 5.27. The number of hydrogen-bond donors (Lipinski definition) is 2. The molecule has 2 atom stereocenters. The molecule has 3 nitrogen and oxygen atoms in total. The van der Waals surface area contributed by atoms with E-state index in [4.69, 9.17) is 0 Å². The first-order chi connectivity index (χ1) is 9.60. The van der Waals surface area contributed by atoms with Crippen molar-refractivity contribution in [3.8, 4) is 5.75 Å². The van der Waals surface area contributed by atoms with Crippen LogP contribution in [0.3, 0.4) is 0 Å². The van der Waals surface area contributed by atoms with Gasteiger partial charge in [0.25, 0.3) is 0 Å². The maximum Gasteiger partial charge on any atom is 0.115 e. The van der Waals surface area contributed by atoms with E-state index in [1.54, 1.807) is 12.1 Å². The molecular formula is C17H28N2O. The number of aromatic hydroxyl groups is 1. The van der Waals surface area contributed by atoms with Gasteiger partial charge in [0.15, 0.2) is 0 Å². The van der Waals surface area contributed by atoms with Gasteiger partial charge in [-0.1, -0.05) is 19.1 Å². The van der Waals surface area contributed by atoms with Crippen molar-refractivity contribution in [3.63, 3.8) is 0 Å². The molecule has 0 spiro atoms. The fraction of sp³-hybridized carbons (Fsp3) is 0.647. The van der Waals surface area contributed by atoms with Gasteiger partial charge in [0.1, 0.15) is 5.75 Å². The summed E-state index contributed by atoms with van der Waals surface area (Å²) in [4.78, 5) is 2.56. The van der Waals surface area contributed by atoms with Crippen molar-refractivity contribution in [2.24, 2.45) is 5.92 Å². The minimum atomic E-state index is 0.340. The number of phenolic OH excluding ortho intramolecular Hbond substituents is 1. The van der Waals surface area contributed by atoms with Gasteiger partial charge in [0.05, 0.1) is 0 Å². The summed E-state index contributed by atoms with van der Waals surface area (Å²) in [5.41, 5.74) is 1.27. The number of hydrogen-bond acceptors (Lipinski definition) is 3. The van der Waals surface area contributed by atoms with E-state index in [1.165, 1.54) is 25.1 Å². The van der Waals surface area contributed by atoms with Crippen LogP contribution < -0.4 is 5.32 Å². The van der Waals surface area contributed by atoms with Crippen molar-refractivity contribution >= 4 is 0 Å². The van der Waals surface area contributed by atoms with Crippen LogP contribution in [-0.4, -0.2) is 35.7 Å². The maximum atomic E-state index is 9.37. The molecule has 1 heterocycles. The van der Waals surface area contributed by atoms with Crippen LogP contribution >= 0.6 is 0 Å². The average Bonchev–Trinajstić information content (AvgIpc) is 2.90. The Morgan fingerprint density at radius 3 is 2.55 bits per heavy atom.